The van der Waals surface area contributed by atoms with Gasteiger partial charge in [-0.25, -0.2) is 4.39 Å². The van der Waals surface area contributed by atoms with Gasteiger partial charge in [0.25, 0.3) is 5.91 Å². The lowest BCUT2D eigenvalue weighted by Crippen LogP contribution is -2.21. The molecule has 7 nitrogen and oxygen atoms in total. The number of furan rings is 1. The molecular formula is C27H27FN2O5. The van der Waals surface area contributed by atoms with Crippen LogP contribution in [0.2, 0.25) is 0 Å². The van der Waals surface area contributed by atoms with Gasteiger partial charge in [-0.3, -0.25) is 14.4 Å². The molecule has 4 rings (SSSR count). The van der Waals surface area contributed by atoms with E-state index in [2.05, 4.69) is 10.3 Å². The Bertz CT molecular complexity index is 1450. The van der Waals surface area contributed by atoms with Gasteiger partial charge in [0, 0.05) is 30.1 Å². The number of aromatic nitrogens is 1. The highest BCUT2D eigenvalue weighted by Crippen LogP contribution is 2.42. The van der Waals surface area contributed by atoms with Crippen molar-refractivity contribution < 1.29 is 27.9 Å². The number of ether oxygens (including phenoxy) is 1. The number of benzene rings is 2. The minimum Gasteiger partial charge on any atom is -0.489 e. The Morgan fingerprint density at radius 1 is 1.14 bits per heavy atom. The van der Waals surface area contributed by atoms with E-state index in [9.17, 15) is 18.8 Å². The summed E-state index contributed by atoms with van der Waals surface area (Å²) in [5, 5.41) is 3.39. The van der Waals surface area contributed by atoms with Crippen molar-refractivity contribution in [1.29, 1.82) is 0 Å². The van der Waals surface area contributed by atoms with E-state index >= 15 is 0 Å². The summed E-state index contributed by atoms with van der Waals surface area (Å²) >= 11 is 0. The number of ketones is 2. The van der Waals surface area contributed by atoms with E-state index in [-0.39, 0.29) is 28.6 Å². The van der Waals surface area contributed by atoms with Crippen LogP contribution in [0, 0.1) is 11.7 Å². The number of fused-ring (bicyclic) bond motifs is 3. The number of halogens is 1. The maximum Gasteiger partial charge on any atom is 0.255 e. The lowest BCUT2D eigenvalue weighted by molar-refractivity contribution is -0.118. The number of hydrogen-bond acceptors (Lipinski definition) is 5. The second-order valence-corrected chi connectivity index (χ2v) is 8.77. The maximum atomic E-state index is 13.6. The topological polar surface area (TPSA) is 101 Å². The molecule has 2 aromatic heterocycles. The fourth-order valence-corrected chi connectivity index (χ4v) is 4.05. The Balaban J connectivity index is 2.10. The first-order valence-corrected chi connectivity index (χ1v) is 11.5. The van der Waals surface area contributed by atoms with E-state index in [4.69, 9.17) is 9.15 Å². The predicted octanol–water partition coefficient (Wildman–Crippen LogP) is 5.66. The van der Waals surface area contributed by atoms with Gasteiger partial charge < -0.3 is 19.5 Å². The summed E-state index contributed by atoms with van der Waals surface area (Å²) in [4.78, 5) is 42.0. The molecule has 2 N–H and O–H groups in total. The zero-order valence-corrected chi connectivity index (χ0v) is 20.2. The van der Waals surface area contributed by atoms with Gasteiger partial charge in [-0.2, -0.15) is 0 Å². The van der Waals surface area contributed by atoms with Gasteiger partial charge in [0.1, 0.15) is 22.9 Å². The number of amides is 1. The second-order valence-electron chi connectivity index (χ2n) is 8.77. The van der Waals surface area contributed by atoms with Gasteiger partial charge in [0.15, 0.2) is 0 Å². The van der Waals surface area contributed by atoms with Crippen LogP contribution in [0.1, 0.15) is 54.8 Å². The summed E-state index contributed by atoms with van der Waals surface area (Å²) in [6.45, 7) is 7.27. The van der Waals surface area contributed by atoms with E-state index in [1.54, 1.807) is 13.0 Å². The molecule has 0 saturated heterocycles. The van der Waals surface area contributed by atoms with Gasteiger partial charge in [0.05, 0.1) is 28.1 Å². The molecule has 4 aromatic rings. The van der Waals surface area contributed by atoms with Crippen LogP contribution in [0.15, 0.2) is 40.9 Å². The van der Waals surface area contributed by atoms with Gasteiger partial charge in [-0.05, 0) is 50.6 Å². The molecule has 8 heteroatoms. The molecule has 0 fully saturated rings. The Labute approximate surface area is 201 Å². The number of Topliss-reactive ketones (excluding diaryl/α,β-unsaturated/α-hetero) is 2. The molecule has 1 unspecified atom stereocenters. The van der Waals surface area contributed by atoms with E-state index in [0.717, 1.165) is 0 Å². The molecule has 0 saturated carbocycles. The van der Waals surface area contributed by atoms with Crippen LogP contribution >= 0.6 is 0 Å². The van der Waals surface area contributed by atoms with Crippen molar-refractivity contribution in [3.05, 3.63) is 53.5 Å². The zero-order chi connectivity index (χ0) is 25.4. The van der Waals surface area contributed by atoms with E-state index in [1.165, 1.54) is 37.5 Å². The summed E-state index contributed by atoms with van der Waals surface area (Å²) < 4.78 is 25.8. The number of rotatable bonds is 8. The monoisotopic (exact) mass is 478 g/mol. The molecule has 0 aliphatic heterocycles. The standard InChI is InChI=1S/C27H27FN2O5/c1-6-14(4)23(31)24(32)18-12-30-22-19(34-13(2)3)11-17-21(27(33)29-5)25(35-26(17)20(18)22)15-7-9-16(28)10-8-15/h7-14,30H,6H2,1-5H3,(H,29,33). The van der Waals surface area contributed by atoms with Crippen LogP contribution in [-0.2, 0) is 4.79 Å². The predicted molar refractivity (Wildman–Crippen MR) is 131 cm³/mol. The van der Waals surface area contributed by atoms with Crippen molar-refractivity contribution in [2.75, 3.05) is 7.05 Å². The SMILES string of the molecule is CCC(C)C(=O)C(=O)c1c[nH]c2c(OC(C)C)cc3c(C(=O)NC)c(-c4ccc(F)cc4)oc3c12. The highest BCUT2D eigenvalue weighted by atomic mass is 19.1. The van der Waals surface area contributed by atoms with Crippen LogP contribution < -0.4 is 10.1 Å². The molecule has 2 heterocycles. The molecule has 0 aliphatic rings. The Morgan fingerprint density at radius 2 is 1.83 bits per heavy atom. The Hall–Kier alpha value is -3.94. The molecule has 1 atom stereocenters. The molecule has 1 amide bonds. The Morgan fingerprint density at radius 3 is 2.43 bits per heavy atom. The summed E-state index contributed by atoms with van der Waals surface area (Å²) in [6.07, 6.45) is 1.80. The molecule has 35 heavy (non-hydrogen) atoms. The normalized spacial score (nSPS) is 12.3. The molecular weight excluding hydrogens is 451 g/mol. The Kier molecular flexibility index (Phi) is 6.47. The number of carbonyl (C=O) groups excluding carboxylic acids is 3. The first-order chi connectivity index (χ1) is 16.7. The van der Waals surface area contributed by atoms with Gasteiger partial charge in [-0.1, -0.05) is 13.8 Å². The summed E-state index contributed by atoms with van der Waals surface area (Å²) in [5.74, 6) is -1.81. The van der Waals surface area contributed by atoms with Gasteiger partial charge in [0.2, 0.25) is 11.6 Å². The number of nitrogens with one attached hydrogen (secondary N) is 2. The summed E-state index contributed by atoms with van der Waals surface area (Å²) in [7, 11) is 1.50. The third-order valence-corrected chi connectivity index (χ3v) is 6.03. The van der Waals surface area contributed by atoms with Crippen LogP contribution in [0.3, 0.4) is 0 Å². The molecule has 182 valence electrons. The fraction of sp³-hybridized carbons (Fsp3) is 0.296. The van der Waals surface area contributed by atoms with Crippen LogP contribution in [0.4, 0.5) is 4.39 Å². The number of H-pyrrole nitrogens is 1. The van der Waals surface area contributed by atoms with Crippen molar-refractivity contribution >= 4 is 39.3 Å². The average molecular weight is 479 g/mol. The van der Waals surface area contributed by atoms with Gasteiger partial charge >= 0.3 is 0 Å². The van der Waals surface area contributed by atoms with Crippen molar-refractivity contribution in [1.82, 2.24) is 10.3 Å². The van der Waals surface area contributed by atoms with Crippen LogP contribution in [0.5, 0.6) is 5.75 Å². The van der Waals surface area contributed by atoms with Gasteiger partial charge in [-0.15, -0.1) is 0 Å². The van der Waals surface area contributed by atoms with Crippen molar-refractivity contribution in [2.45, 2.75) is 40.2 Å². The first-order valence-electron chi connectivity index (χ1n) is 11.5. The smallest absolute Gasteiger partial charge is 0.255 e. The number of carbonyl (C=O) groups is 3. The third kappa shape index (κ3) is 4.20. The maximum absolute atomic E-state index is 13.6. The van der Waals surface area contributed by atoms with Crippen molar-refractivity contribution in [3.8, 4) is 17.1 Å². The van der Waals surface area contributed by atoms with E-state index in [1.807, 2.05) is 20.8 Å². The molecule has 0 spiro atoms. The first kappa shape index (κ1) is 24.2. The summed E-state index contributed by atoms with van der Waals surface area (Å²) in [6, 6.07) is 7.25. The molecule has 0 aliphatic carbocycles. The van der Waals surface area contributed by atoms with Crippen molar-refractivity contribution in [3.63, 3.8) is 0 Å². The minimum absolute atomic E-state index is 0.146. The lowest BCUT2D eigenvalue weighted by Gasteiger charge is -2.12. The van der Waals surface area contributed by atoms with E-state index < -0.39 is 29.2 Å². The number of hydrogen-bond donors (Lipinski definition) is 2. The molecule has 0 radical (unpaired) electrons. The average Bonchev–Trinajstić information content (AvgIpc) is 3.44. The summed E-state index contributed by atoms with van der Waals surface area (Å²) in [5.41, 5.74) is 1.59. The molecule has 0 bridgehead atoms. The second kappa shape index (κ2) is 9.37. The van der Waals surface area contributed by atoms with Crippen LogP contribution in [0.25, 0.3) is 33.2 Å². The third-order valence-electron chi connectivity index (χ3n) is 6.03. The lowest BCUT2D eigenvalue weighted by atomic mass is 9.95. The fourth-order valence-electron chi connectivity index (χ4n) is 4.05. The van der Waals surface area contributed by atoms with Crippen LogP contribution in [-0.4, -0.2) is 35.6 Å². The number of aromatic amines is 1. The largest absolute Gasteiger partial charge is 0.489 e. The van der Waals surface area contributed by atoms with Crippen molar-refractivity contribution in [2.24, 2.45) is 5.92 Å². The quantitative estimate of drug-likeness (QED) is 0.251. The minimum atomic E-state index is -0.644. The molecule has 2 aromatic carbocycles. The zero-order valence-electron chi connectivity index (χ0n) is 20.2. The van der Waals surface area contributed by atoms with E-state index in [0.29, 0.717) is 34.0 Å². The highest BCUT2D eigenvalue weighted by Gasteiger charge is 2.30. The highest BCUT2D eigenvalue weighted by molar-refractivity contribution is 6.47.